The molecule has 1 aliphatic rings. The van der Waals surface area contributed by atoms with Crippen LogP contribution in [0.1, 0.15) is 47.2 Å². The number of alkyl halides is 3. The van der Waals surface area contributed by atoms with Gasteiger partial charge in [-0.15, -0.1) is 0 Å². The number of nitrogens with two attached hydrogens (primary N) is 2. The summed E-state index contributed by atoms with van der Waals surface area (Å²) in [6.45, 7) is -1.24. The second-order valence-corrected chi connectivity index (χ2v) is 8.30. The van der Waals surface area contributed by atoms with Crippen molar-refractivity contribution in [2.24, 2.45) is 0 Å². The van der Waals surface area contributed by atoms with Crippen molar-refractivity contribution in [2.75, 3.05) is 18.1 Å². The summed E-state index contributed by atoms with van der Waals surface area (Å²) in [5.74, 6) is -1.06. The van der Waals surface area contributed by atoms with Gasteiger partial charge in [-0.3, -0.25) is 0 Å². The van der Waals surface area contributed by atoms with Crippen molar-refractivity contribution in [3.05, 3.63) is 65.2 Å². The lowest BCUT2D eigenvalue weighted by atomic mass is 9.95. The summed E-state index contributed by atoms with van der Waals surface area (Å²) in [4.78, 5) is 24.3. The normalized spacial score (nSPS) is 18.4. The summed E-state index contributed by atoms with van der Waals surface area (Å²) >= 11 is 0. The maximum Gasteiger partial charge on any atom is 0.411 e. The summed E-state index contributed by atoms with van der Waals surface area (Å²) < 4.78 is 52.3. The van der Waals surface area contributed by atoms with E-state index in [1.807, 2.05) is 0 Å². The summed E-state index contributed by atoms with van der Waals surface area (Å²) in [5, 5.41) is 0. The van der Waals surface area contributed by atoms with Gasteiger partial charge >= 0.3 is 18.1 Å². The minimum atomic E-state index is -4.35. The van der Waals surface area contributed by atoms with Gasteiger partial charge in [-0.2, -0.15) is 13.2 Å². The standard InChI is InChI=1S/C25H27F3N2O5/c26-25(27,28)15-34-21-6-8-22(9-7-21)35-24(32)18-4-1-16(2-5-18)3-10-23(31)33-14-17-11-19(29)13-20(30)12-17/h1-5,10-13,21-22H,6-9,14-15,29-30H2/b10-3+. The molecule has 0 amide bonds. The highest BCUT2D eigenvalue weighted by molar-refractivity contribution is 5.90. The van der Waals surface area contributed by atoms with Crippen molar-refractivity contribution in [3.8, 4) is 0 Å². The van der Waals surface area contributed by atoms with Crippen LogP contribution in [0.5, 0.6) is 0 Å². The molecule has 10 heteroatoms. The Morgan fingerprint density at radius 2 is 1.54 bits per heavy atom. The number of carbonyl (C=O) groups is 2. The molecule has 0 bridgehead atoms. The van der Waals surface area contributed by atoms with Crippen LogP contribution < -0.4 is 11.5 Å². The highest BCUT2D eigenvalue weighted by Gasteiger charge is 2.31. The number of rotatable bonds is 8. The summed E-state index contributed by atoms with van der Waals surface area (Å²) in [6.07, 6.45) is -0.685. The summed E-state index contributed by atoms with van der Waals surface area (Å²) in [5.41, 5.74) is 14.1. The molecule has 35 heavy (non-hydrogen) atoms. The van der Waals surface area contributed by atoms with E-state index in [1.54, 1.807) is 48.5 Å². The van der Waals surface area contributed by atoms with E-state index < -0.39 is 30.8 Å². The monoisotopic (exact) mass is 492 g/mol. The maximum atomic E-state index is 12.4. The Hall–Kier alpha value is -3.53. The van der Waals surface area contributed by atoms with E-state index in [9.17, 15) is 22.8 Å². The molecule has 1 aliphatic carbocycles. The van der Waals surface area contributed by atoms with Crippen molar-refractivity contribution in [1.29, 1.82) is 0 Å². The quantitative estimate of drug-likeness (QED) is 0.313. The fourth-order valence-electron chi connectivity index (χ4n) is 3.67. The minimum absolute atomic E-state index is 0.0273. The van der Waals surface area contributed by atoms with E-state index in [-0.39, 0.29) is 12.7 Å². The molecule has 7 nitrogen and oxygen atoms in total. The predicted molar refractivity (Wildman–Crippen MR) is 124 cm³/mol. The topological polar surface area (TPSA) is 114 Å². The van der Waals surface area contributed by atoms with Crippen molar-refractivity contribution >= 4 is 29.4 Å². The Morgan fingerprint density at radius 3 is 2.14 bits per heavy atom. The van der Waals surface area contributed by atoms with Crippen LogP contribution in [0.2, 0.25) is 0 Å². The van der Waals surface area contributed by atoms with Gasteiger partial charge in [0.1, 0.15) is 19.3 Å². The SMILES string of the molecule is Nc1cc(N)cc(COC(=O)/C=C/c2ccc(C(=O)OC3CCC(OCC(F)(F)F)CC3)cc2)c1. The number of benzene rings is 2. The Morgan fingerprint density at radius 1 is 0.943 bits per heavy atom. The van der Waals surface area contributed by atoms with Gasteiger partial charge in [0.2, 0.25) is 0 Å². The molecule has 0 saturated heterocycles. The number of nitrogen functional groups attached to an aromatic ring is 2. The average molecular weight is 492 g/mol. The van der Waals surface area contributed by atoms with Crippen LogP contribution >= 0.6 is 0 Å². The van der Waals surface area contributed by atoms with Crippen molar-refractivity contribution in [2.45, 2.75) is 50.7 Å². The number of hydrogen-bond donors (Lipinski definition) is 2. The lowest BCUT2D eigenvalue weighted by Crippen LogP contribution is -2.30. The van der Waals surface area contributed by atoms with E-state index >= 15 is 0 Å². The van der Waals surface area contributed by atoms with Gasteiger partial charge in [-0.1, -0.05) is 12.1 Å². The Labute approximate surface area is 200 Å². The van der Waals surface area contributed by atoms with E-state index in [1.165, 1.54) is 6.08 Å². The van der Waals surface area contributed by atoms with Gasteiger partial charge < -0.3 is 25.7 Å². The van der Waals surface area contributed by atoms with E-state index in [0.29, 0.717) is 53.7 Å². The Balaban J connectivity index is 1.42. The van der Waals surface area contributed by atoms with Gasteiger partial charge in [0.15, 0.2) is 0 Å². The zero-order valence-electron chi connectivity index (χ0n) is 18.9. The number of halogens is 3. The maximum absolute atomic E-state index is 12.4. The first-order valence-electron chi connectivity index (χ1n) is 11.1. The zero-order chi connectivity index (χ0) is 25.4. The molecule has 2 aromatic carbocycles. The molecule has 0 unspecified atom stereocenters. The number of anilines is 2. The molecule has 188 valence electrons. The molecular formula is C25H27F3N2O5. The average Bonchev–Trinajstić information content (AvgIpc) is 2.80. The molecule has 1 saturated carbocycles. The van der Waals surface area contributed by atoms with Crippen molar-refractivity contribution in [1.82, 2.24) is 0 Å². The zero-order valence-corrected chi connectivity index (χ0v) is 18.9. The summed E-state index contributed by atoms with van der Waals surface area (Å²) in [6, 6.07) is 11.4. The van der Waals surface area contributed by atoms with E-state index in [4.69, 9.17) is 25.7 Å². The Bertz CT molecular complexity index is 1030. The van der Waals surface area contributed by atoms with Gasteiger partial charge in [-0.25, -0.2) is 9.59 Å². The largest absolute Gasteiger partial charge is 0.459 e. The third-order valence-electron chi connectivity index (χ3n) is 5.35. The van der Waals surface area contributed by atoms with E-state index in [2.05, 4.69) is 0 Å². The summed E-state index contributed by atoms with van der Waals surface area (Å²) in [7, 11) is 0. The molecule has 2 aromatic rings. The van der Waals surface area contributed by atoms with Crippen LogP contribution in [-0.2, 0) is 25.6 Å². The number of carbonyl (C=O) groups excluding carboxylic acids is 2. The van der Waals surface area contributed by atoms with Crippen molar-refractivity contribution in [3.63, 3.8) is 0 Å². The van der Waals surface area contributed by atoms with Gasteiger partial charge in [0, 0.05) is 17.5 Å². The molecule has 0 aromatic heterocycles. The second kappa shape index (κ2) is 11.7. The van der Waals surface area contributed by atoms with Crippen molar-refractivity contribution < 1.29 is 37.0 Å². The third-order valence-corrected chi connectivity index (χ3v) is 5.35. The van der Waals surface area contributed by atoms with E-state index in [0.717, 1.165) is 0 Å². The minimum Gasteiger partial charge on any atom is -0.459 e. The molecule has 0 aliphatic heterocycles. The number of esters is 2. The molecule has 0 atom stereocenters. The van der Waals surface area contributed by atoms with Gasteiger partial charge in [0.05, 0.1) is 11.7 Å². The lowest BCUT2D eigenvalue weighted by molar-refractivity contribution is -0.189. The third kappa shape index (κ3) is 8.97. The van der Waals surface area contributed by atoms with Crippen LogP contribution in [0.3, 0.4) is 0 Å². The van der Waals surface area contributed by atoms with Crippen LogP contribution in [0.25, 0.3) is 6.08 Å². The lowest BCUT2D eigenvalue weighted by Gasteiger charge is -2.28. The van der Waals surface area contributed by atoms with Gasteiger partial charge in [0.25, 0.3) is 0 Å². The smallest absolute Gasteiger partial charge is 0.411 e. The predicted octanol–water partition coefficient (Wildman–Crippen LogP) is 4.65. The molecule has 0 heterocycles. The number of ether oxygens (including phenoxy) is 3. The van der Waals surface area contributed by atoms with Crippen LogP contribution in [0, 0.1) is 0 Å². The van der Waals surface area contributed by atoms with Crippen LogP contribution in [0.15, 0.2) is 48.5 Å². The molecule has 4 N–H and O–H groups in total. The second-order valence-electron chi connectivity index (χ2n) is 8.30. The molecule has 0 radical (unpaired) electrons. The Kier molecular flexibility index (Phi) is 8.75. The fraction of sp³-hybridized carbons (Fsp3) is 0.360. The molecular weight excluding hydrogens is 465 g/mol. The highest BCUT2D eigenvalue weighted by Crippen LogP contribution is 2.26. The first kappa shape index (κ1) is 26.1. The van der Waals surface area contributed by atoms with Crippen LogP contribution in [0.4, 0.5) is 24.5 Å². The first-order chi connectivity index (χ1) is 16.6. The molecule has 0 spiro atoms. The number of hydrogen-bond acceptors (Lipinski definition) is 7. The first-order valence-corrected chi connectivity index (χ1v) is 11.1. The highest BCUT2D eigenvalue weighted by atomic mass is 19.4. The molecule has 1 fully saturated rings. The molecule has 3 rings (SSSR count). The fourth-order valence-corrected chi connectivity index (χ4v) is 3.67. The van der Waals surface area contributed by atoms with Crippen LogP contribution in [-0.4, -0.2) is 36.9 Å². The van der Waals surface area contributed by atoms with Gasteiger partial charge in [-0.05, 0) is 73.2 Å².